The molecule has 0 saturated heterocycles. The van der Waals surface area contributed by atoms with Crippen molar-refractivity contribution >= 4 is 11.3 Å². The number of hydrogen-bond donors (Lipinski definition) is 1. The maximum atomic E-state index is 4.05. The average Bonchev–Trinajstić information content (AvgIpc) is 3.07. The first kappa shape index (κ1) is 17.9. The number of hydrogen-bond acceptors (Lipinski definition) is 2. The van der Waals surface area contributed by atoms with Crippen molar-refractivity contribution in [2.75, 3.05) is 0 Å². The minimum Gasteiger partial charge on any atom is -0.306 e. The molecule has 1 N–H and O–H groups in total. The van der Waals surface area contributed by atoms with Crippen molar-refractivity contribution in [3.8, 4) is 10.4 Å². The lowest BCUT2D eigenvalue weighted by molar-refractivity contribution is -0.0204. The molecule has 4 saturated carbocycles. The lowest BCUT2D eigenvalue weighted by atomic mass is 9.53. The van der Waals surface area contributed by atoms with E-state index in [0.29, 0.717) is 5.54 Å². The van der Waals surface area contributed by atoms with Crippen LogP contribution in [0.25, 0.3) is 10.4 Å². The van der Waals surface area contributed by atoms with Crippen molar-refractivity contribution in [1.29, 1.82) is 0 Å². The summed E-state index contributed by atoms with van der Waals surface area (Å²) in [4.78, 5) is 2.89. The van der Waals surface area contributed by atoms with Crippen LogP contribution in [0.4, 0.5) is 0 Å². The SMILES string of the molecule is CC(C)(C)c1ccc(-c2ccc(CNC34CC5CC(CC(C5)C3)C4)s2)cc1. The predicted molar refractivity (Wildman–Crippen MR) is 116 cm³/mol. The molecule has 0 unspecified atom stereocenters. The van der Waals surface area contributed by atoms with E-state index < -0.39 is 0 Å². The number of nitrogens with one attached hydrogen (secondary N) is 1. The highest BCUT2D eigenvalue weighted by atomic mass is 32.1. The fraction of sp³-hybridized carbons (Fsp3) is 0.600. The van der Waals surface area contributed by atoms with Crippen LogP contribution in [0, 0.1) is 17.8 Å². The number of thiophene rings is 1. The van der Waals surface area contributed by atoms with E-state index in [1.165, 1.54) is 59.4 Å². The highest BCUT2D eigenvalue weighted by molar-refractivity contribution is 7.15. The zero-order valence-electron chi connectivity index (χ0n) is 17.1. The van der Waals surface area contributed by atoms with E-state index in [-0.39, 0.29) is 5.41 Å². The zero-order chi connectivity index (χ0) is 18.6. The Kier molecular flexibility index (Phi) is 4.29. The molecule has 1 aromatic heterocycles. The van der Waals surface area contributed by atoms with Crippen LogP contribution in [-0.4, -0.2) is 5.54 Å². The third-order valence-corrected chi connectivity index (χ3v) is 8.51. The van der Waals surface area contributed by atoms with Gasteiger partial charge in [-0.3, -0.25) is 0 Å². The zero-order valence-corrected chi connectivity index (χ0v) is 17.9. The van der Waals surface area contributed by atoms with Gasteiger partial charge in [-0.25, -0.2) is 0 Å². The Morgan fingerprint density at radius 3 is 2.04 bits per heavy atom. The molecule has 27 heavy (non-hydrogen) atoms. The molecule has 0 atom stereocenters. The smallest absolute Gasteiger partial charge is 0.0346 e. The minimum atomic E-state index is 0.223. The third-order valence-electron chi connectivity index (χ3n) is 7.37. The topological polar surface area (TPSA) is 12.0 Å². The van der Waals surface area contributed by atoms with E-state index >= 15 is 0 Å². The Morgan fingerprint density at radius 2 is 1.48 bits per heavy atom. The first-order valence-corrected chi connectivity index (χ1v) is 11.6. The van der Waals surface area contributed by atoms with Gasteiger partial charge >= 0.3 is 0 Å². The molecule has 6 rings (SSSR count). The molecular weight excluding hydrogens is 346 g/mol. The van der Waals surface area contributed by atoms with Gasteiger partial charge in [0.1, 0.15) is 0 Å². The maximum Gasteiger partial charge on any atom is 0.0346 e. The van der Waals surface area contributed by atoms with Gasteiger partial charge in [-0.05, 0) is 85.0 Å². The molecule has 0 spiro atoms. The molecular formula is C25H33NS. The first-order valence-electron chi connectivity index (χ1n) is 10.8. The highest BCUT2D eigenvalue weighted by Gasteiger charge is 2.50. The fourth-order valence-corrected chi connectivity index (χ4v) is 7.32. The van der Waals surface area contributed by atoms with Gasteiger partial charge in [-0.2, -0.15) is 0 Å². The van der Waals surface area contributed by atoms with Crippen molar-refractivity contribution < 1.29 is 0 Å². The fourth-order valence-electron chi connectivity index (χ4n) is 6.36. The average molecular weight is 380 g/mol. The Bertz CT molecular complexity index is 772. The van der Waals surface area contributed by atoms with E-state index in [1.54, 1.807) is 0 Å². The summed E-state index contributed by atoms with van der Waals surface area (Å²) in [5.74, 6) is 3.05. The van der Waals surface area contributed by atoms with Crippen LogP contribution in [0.2, 0.25) is 0 Å². The monoisotopic (exact) mass is 379 g/mol. The van der Waals surface area contributed by atoms with Crippen LogP contribution >= 0.6 is 11.3 Å². The second-order valence-corrected chi connectivity index (χ2v) is 11.8. The minimum absolute atomic E-state index is 0.223. The van der Waals surface area contributed by atoms with Gasteiger partial charge in [-0.15, -0.1) is 11.3 Å². The highest BCUT2D eigenvalue weighted by Crippen LogP contribution is 2.55. The van der Waals surface area contributed by atoms with E-state index in [1.807, 2.05) is 11.3 Å². The van der Waals surface area contributed by atoms with Gasteiger partial charge in [0.25, 0.3) is 0 Å². The van der Waals surface area contributed by atoms with Gasteiger partial charge in [0.2, 0.25) is 0 Å². The number of benzene rings is 1. The van der Waals surface area contributed by atoms with Crippen molar-refractivity contribution in [2.45, 2.75) is 76.8 Å². The van der Waals surface area contributed by atoms with Gasteiger partial charge in [0.05, 0.1) is 0 Å². The summed E-state index contributed by atoms with van der Waals surface area (Å²) < 4.78 is 0. The van der Waals surface area contributed by atoms with Crippen LogP contribution in [0.1, 0.15) is 69.7 Å². The van der Waals surface area contributed by atoms with E-state index in [0.717, 1.165) is 24.3 Å². The van der Waals surface area contributed by atoms with Crippen LogP contribution < -0.4 is 5.32 Å². The Hall–Kier alpha value is -1.12. The molecule has 4 fully saturated rings. The normalized spacial score (nSPS) is 32.2. The quantitative estimate of drug-likeness (QED) is 0.618. The molecule has 2 aromatic rings. The summed E-state index contributed by atoms with van der Waals surface area (Å²) in [6, 6.07) is 13.8. The number of rotatable bonds is 4. The summed E-state index contributed by atoms with van der Waals surface area (Å²) in [5.41, 5.74) is 3.45. The molecule has 4 aliphatic rings. The standard InChI is InChI=1S/C25H33NS/c1-24(2,3)21-6-4-20(5-7-21)23-9-8-22(27-23)16-26-25-13-17-10-18(14-25)12-19(11-17)15-25/h4-9,17-19,26H,10-16H2,1-3H3. The van der Waals surface area contributed by atoms with E-state index in [9.17, 15) is 0 Å². The van der Waals surface area contributed by atoms with Gasteiger partial charge in [0, 0.05) is 21.8 Å². The van der Waals surface area contributed by atoms with E-state index in [2.05, 4.69) is 62.5 Å². The van der Waals surface area contributed by atoms with Gasteiger partial charge < -0.3 is 5.32 Å². The summed E-state index contributed by atoms with van der Waals surface area (Å²) in [7, 11) is 0. The molecule has 1 heterocycles. The largest absolute Gasteiger partial charge is 0.306 e. The lowest BCUT2D eigenvalue weighted by Gasteiger charge is -2.57. The molecule has 0 aliphatic heterocycles. The molecule has 4 bridgehead atoms. The van der Waals surface area contributed by atoms with E-state index in [4.69, 9.17) is 0 Å². The molecule has 0 radical (unpaired) electrons. The summed E-state index contributed by atoms with van der Waals surface area (Å²) in [6.07, 6.45) is 8.88. The Balaban J connectivity index is 1.26. The van der Waals surface area contributed by atoms with Crippen LogP contribution in [0.3, 0.4) is 0 Å². The van der Waals surface area contributed by atoms with Crippen LogP contribution in [0.5, 0.6) is 0 Å². The maximum absolute atomic E-state index is 4.05. The molecule has 1 aromatic carbocycles. The summed E-state index contributed by atoms with van der Waals surface area (Å²) in [5, 5.41) is 4.05. The molecule has 1 nitrogen and oxygen atoms in total. The molecule has 2 heteroatoms. The summed E-state index contributed by atoms with van der Waals surface area (Å²) >= 11 is 1.97. The van der Waals surface area contributed by atoms with Crippen molar-refractivity contribution in [3.63, 3.8) is 0 Å². The molecule has 0 amide bonds. The first-order chi connectivity index (χ1) is 12.9. The Labute approximate surface area is 168 Å². The van der Waals surface area contributed by atoms with Gasteiger partial charge in [0.15, 0.2) is 0 Å². The lowest BCUT2D eigenvalue weighted by Crippen LogP contribution is -2.58. The van der Waals surface area contributed by atoms with Crippen molar-refractivity contribution in [2.24, 2.45) is 17.8 Å². The summed E-state index contributed by atoms with van der Waals surface area (Å²) in [6.45, 7) is 7.89. The molecule has 4 aliphatic carbocycles. The predicted octanol–water partition coefficient (Wildman–Crippen LogP) is 6.77. The second kappa shape index (κ2) is 6.46. The Morgan fingerprint density at radius 1 is 0.889 bits per heavy atom. The van der Waals surface area contributed by atoms with Crippen LogP contribution in [0.15, 0.2) is 36.4 Å². The van der Waals surface area contributed by atoms with Gasteiger partial charge in [-0.1, -0.05) is 45.0 Å². The van der Waals surface area contributed by atoms with Crippen molar-refractivity contribution in [1.82, 2.24) is 5.32 Å². The third kappa shape index (κ3) is 3.51. The van der Waals surface area contributed by atoms with Crippen molar-refractivity contribution in [3.05, 3.63) is 46.8 Å². The second-order valence-electron chi connectivity index (χ2n) is 10.6. The van der Waals surface area contributed by atoms with Crippen LogP contribution in [-0.2, 0) is 12.0 Å². The molecule has 144 valence electrons.